The van der Waals surface area contributed by atoms with E-state index in [4.69, 9.17) is 18.5 Å². The largest absolute Gasteiger partial charge is 0.472 e. The summed E-state index contributed by atoms with van der Waals surface area (Å²) in [7, 11) is 1.46. The van der Waals surface area contributed by atoms with Crippen LogP contribution in [0.15, 0.2) is 109 Å². The second kappa shape index (κ2) is 47.7. The fraction of sp³-hybridized carbons (Fsp3) is 0.649. The van der Waals surface area contributed by atoms with E-state index in [0.717, 1.165) is 116 Å². The van der Waals surface area contributed by atoms with Crippen LogP contribution in [0.2, 0.25) is 0 Å². The number of likely N-dealkylation sites (N-methyl/N-ethyl adjacent to an activating group) is 1. The maximum absolute atomic E-state index is 12.7. The van der Waals surface area contributed by atoms with E-state index in [1.807, 2.05) is 21.1 Å². The fourth-order valence-electron chi connectivity index (χ4n) is 6.53. The zero-order chi connectivity index (χ0) is 49.2. The van der Waals surface area contributed by atoms with Gasteiger partial charge < -0.3 is 18.9 Å². The van der Waals surface area contributed by atoms with Gasteiger partial charge in [0.05, 0.1) is 27.7 Å². The Morgan fingerprint density at radius 3 is 1.27 bits per heavy atom. The van der Waals surface area contributed by atoms with E-state index in [9.17, 15) is 19.0 Å². The first-order chi connectivity index (χ1) is 32.5. The van der Waals surface area contributed by atoms with Gasteiger partial charge in [-0.05, 0) is 83.5 Å². The fourth-order valence-corrected chi connectivity index (χ4v) is 7.28. The summed E-state index contributed by atoms with van der Waals surface area (Å²) in [5.41, 5.74) is 0. The molecule has 0 aliphatic heterocycles. The van der Waals surface area contributed by atoms with Gasteiger partial charge in [-0.1, -0.05) is 200 Å². The molecule has 67 heavy (non-hydrogen) atoms. The second-order valence-corrected chi connectivity index (χ2v) is 19.6. The normalized spacial score (nSPS) is 14.3. The van der Waals surface area contributed by atoms with Gasteiger partial charge in [-0.2, -0.15) is 0 Å². The minimum Gasteiger partial charge on any atom is -0.462 e. The predicted molar refractivity (Wildman–Crippen MR) is 284 cm³/mol. The molecule has 0 bridgehead atoms. The molecular weight excluding hydrogens is 858 g/mol. The molecule has 0 saturated carbocycles. The van der Waals surface area contributed by atoms with Gasteiger partial charge in [-0.25, -0.2) is 4.57 Å². The molecule has 0 heterocycles. The summed E-state index contributed by atoms with van der Waals surface area (Å²) in [4.78, 5) is 35.2. The Labute approximate surface area is 410 Å². The van der Waals surface area contributed by atoms with E-state index >= 15 is 0 Å². The lowest BCUT2D eigenvalue weighted by Gasteiger charge is -2.24. The average Bonchev–Trinajstić information content (AvgIpc) is 3.29. The van der Waals surface area contributed by atoms with Crippen LogP contribution in [0, 0.1) is 0 Å². The average molecular weight is 955 g/mol. The quantitative estimate of drug-likeness (QED) is 0.0211. The third kappa shape index (κ3) is 51.9. The second-order valence-electron chi connectivity index (χ2n) is 18.2. The van der Waals surface area contributed by atoms with Crippen molar-refractivity contribution in [3.05, 3.63) is 109 Å². The Bertz CT molecular complexity index is 1500. The van der Waals surface area contributed by atoms with Gasteiger partial charge in [0.25, 0.3) is 0 Å². The summed E-state index contributed by atoms with van der Waals surface area (Å²) >= 11 is 0. The molecule has 0 aromatic carbocycles. The molecule has 0 fully saturated rings. The molecule has 0 spiro atoms. The third-order valence-electron chi connectivity index (χ3n) is 10.6. The number of esters is 2. The number of nitrogens with zero attached hydrogens (tertiary/aromatic N) is 1. The predicted octanol–water partition coefficient (Wildman–Crippen LogP) is 15.9. The van der Waals surface area contributed by atoms with Crippen LogP contribution in [-0.4, -0.2) is 74.9 Å². The third-order valence-corrected chi connectivity index (χ3v) is 11.6. The molecule has 0 aromatic heterocycles. The van der Waals surface area contributed by atoms with E-state index in [1.54, 1.807) is 0 Å². The van der Waals surface area contributed by atoms with Crippen molar-refractivity contribution in [1.82, 2.24) is 0 Å². The van der Waals surface area contributed by atoms with Crippen LogP contribution in [0.3, 0.4) is 0 Å². The summed E-state index contributed by atoms with van der Waals surface area (Å²) in [5.74, 6) is -0.822. The van der Waals surface area contributed by atoms with Crippen LogP contribution in [-0.2, 0) is 32.7 Å². The number of carbonyl (C=O) groups excluding carboxylic acids is 2. The highest BCUT2D eigenvalue weighted by atomic mass is 31.2. The molecule has 10 heteroatoms. The molecule has 382 valence electrons. The van der Waals surface area contributed by atoms with Crippen LogP contribution in [0.4, 0.5) is 0 Å². The van der Waals surface area contributed by atoms with Crippen LogP contribution in [0.1, 0.15) is 187 Å². The summed E-state index contributed by atoms with van der Waals surface area (Å²) in [5, 5.41) is 0. The van der Waals surface area contributed by atoms with Gasteiger partial charge in [0.1, 0.15) is 19.8 Å². The monoisotopic (exact) mass is 955 g/mol. The topological polar surface area (TPSA) is 108 Å². The van der Waals surface area contributed by atoms with Gasteiger partial charge in [0, 0.05) is 12.8 Å². The number of rotatable bonds is 46. The molecule has 2 unspecified atom stereocenters. The van der Waals surface area contributed by atoms with Gasteiger partial charge >= 0.3 is 19.8 Å². The van der Waals surface area contributed by atoms with Crippen molar-refractivity contribution in [2.75, 3.05) is 47.5 Å². The van der Waals surface area contributed by atoms with Gasteiger partial charge in [0.15, 0.2) is 6.10 Å². The molecular formula is C57H97NO8P+. The smallest absolute Gasteiger partial charge is 0.462 e. The van der Waals surface area contributed by atoms with E-state index in [-0.39, 0.29) is 32.0 Å². The number of ether oxygens (including phenoxy) is 2. The highest BCUT2D eigenvalue weighted by molar-refractivity contribution is 7.47. The Hall–Kier alpha value is -3.33. The van der Waals surface area contributed by atoms with Crippen molar-refractivity contribution in [2.24, 2.45) is 0 Å². The molecule has 9 nitrogen and oxygen atoms in total. The van der Waals surface area contributed by atoms with Gasteiger partial charge in [-0.15, -0.1) is 0 Å². The van der Waals surface area contributed by atoms with E-state index < -0.39 is 26.5 Å². The summed E-state index contributed by atoms with van der Waals surface area (Å²) in [6.07, 6.45) is 66.2. The molecule has 0 radical (unpaired) electrons. The lowest BCUT2D eigenvalue weighted by molar-refractivity contribution is -0.870. The molecule has 0 amide bonds. The van der Waals surface area contributed by atoms with E-state index in [0.29, 0.717) is 17.4 Å². The van der Waals surface area contributed by atoms with Crippen molar-refractivity contribution >= 4 is 19.8 Å². The number of hydrogen-bond acceptors (Lipinski definition) is 7. The van der Waals surface area contributed by atoms with Crippen molar-refractivity contribution in [3.8, 4) is 0 Å². The van der Waals surface area contributed by atoms with E-state index in [2.05, 4.69) is 123 Å². The first-order valence-electron chi connectivity index (χ1n) is 26.1. The van der Waals surface area contributed by atoms with Crippen molar-refractivity contribution in [1.29, 1.82) is 0 Å². The van der Waals surface area contributed by atoms with Crippen LogP contribution >= 0.6 is 7.82 Å². The summed E-state index contributed by atoms with van der Waals surface area (Å²) < 4.78 is 34.2. The zero-order valence-corrected chi connectivity index (χ0v) is 44.0. The molecule has 0 aliphatic rings. The highest BCUT2D eigenvalue weighted by Gasteiger charge is 2.27. The Balaban J connectivity index is 4.02. The first kappa shape index (κ1) is 63.7. The standard InChI is InChI=1S/C57H96NO8P/c1-6-8-10-12-14-15-16-17-18-19-20-21-22-23-24-25-26-27-28-29-30-31-32-33-34-35-36-37-38-39-40-41-42-43-44-46-48-50-57(60)66-55(53-63-56(59)49-47-45-13-11-9-7-2)54-65-67(61,62)64-52-51-58(3,4)5/h8,10,14-15,17-18,20-21,23-24,26-27,29-30,32-33,35-36,55H,6-7,9,11-13,16,19,22,25,28,31,34,37-54H2,1-5H3/p+1/b10-8-,15-14-,18-17-,21-20-,24-23-,27-26-,30-29-,33-32-,36-35-. The summed E-state index contributed by atoms with van der Waals surface area (Å²) in [6, 6.07) is 0. The SMILES string of the molecule is CC/C=C\C/C=C\C/C=C\C/C=C\C/C=C\C/C=C\C/C=C\C/C=C\C/C=C\CCCCCCCCCCCC(=O)OC(COC(=O)CCCCCCCC)COP(=O)(O)OCC[N+](C)(C)C. The van der Waals surface area contributed by atoms with Crippen LogP contribution < -0.4 is 0 Å². The maximum atomic E-state index is 12.7. The number of allylic oxidation sites excluding steroid dienone is 18. The minimum atomic E-state index is -4.38. The van der Waals surface area contributed by atoms with Crippen molar-refractivity contribution in [3.63, 3.8) is 0 Å². The number of carbonyl (C=O) groups is 2. The van der Waals surface area contributed by atoms with Crippen molar-refractivity contribution in [2.45, 2.75) is 193 Å². The summed E-state index contributed by atoms with van der Waals surface area (Å²) in [6.45, 7) is 4.21. The molecule has 1 N–H and O–H groups in total. The maximum Gasteiger partial charge on any atom is 0.472 e. The zero-order valence-electron chi connectivity index (χ0n) is 43.1. The lowest BCUT2D eigenvalue weighted by Crippen LogP contribution is -2.37. The molecule has 2 atom stereocenters. The van der Waals surface area contributed by atoms with Crippen molar-refractivity contribution < 1.29 is 42.1 Å². The van der Waals surface area contributed by atoms with Gasteiger partial charge in [0.2, 0.25) is 0 Å². The number of quaternary nitrogens is 1. The molecule has 0 aliphatic carbocycles. The van der Waals surface area contributed by atoms with Gasteiger partial charge in [-0.3, -0.25) is 18.6 Å². The molecule has 0 aromatic rings. The Kier molecular flexibility index (Phi) is 45.4. The van der Waals surface area contributed by atoms with Crippen LogP contribution in [0.5, 0.6) is 0 Å². The van der Waals surface area contributed by atoms with Crippen LogP contribution in [0.25, 0.3) is 0 Å². The Morgan fingerprint density at radius 2 is 0.851 bits per heavy atom. The first-order valence-corrected chi connectivity index (χ1v) is 27.6. The lowest BCUT2D eigenvalue weighted by atomic mass is 10.1. The number of phosphoric ester groups is 1. The Morgan fingerprint density at radius 1 is 0.478 bits per heavy atom. The highest BCUT2D eigenvalue weighted by Crippen LogP contribution is 2.43. The number of unbranched alkanes of at least 4 members (excludes halogenated alkanes) is 14. The molecule has 0 rings (SSSR count). The minimum absolute atomic E-state index is 0.0262. The molecule has 0 saturated heterocycles. The number of hydrogen-bond donors (Lipinski definition) is 1. The van der Waals surface area contributed by atoms with E-state index in [1.165, 1.54) is 38.5 Å². The number of phosphoric acid groups is 1.